The minimum Gasteiger partial charge on any atom is -0.480 e. The van der Waals surface area contributed by atoms with E-state index in [1.54, 1.807) is 0 Å². The maximum atomic E-state index is 11.4. The van der Waals surface area contributed by atoms with Crippen molar-refractivity contribution < 1.29 is 14.7 Å². The van der Waals surface area contributed by atoms with Crippen molar-refractivity contribution in [3.05, 3.63) is 0 Å². The first-order chi connectivity index (χ1) is 8.66. The number of carbonyl (C=O) groups is 2. The highest BCUT2D eigenvalue weighted by Gasteiger charge is 2.00. The second kappa shape index (κ2) is 12.4. The van der Waals surface area contributed by atoms with Crippen LogP contribution in [-0.4, -0.2) is 36.6 Å². The van der Waals surface area contributed by atoms with E-state index in [-0.39, 0.29) is 12.5 Å². The maximum Gasteiger partial charge on any atom is 0.317 e. The van der Waals surface area contributed by atoms with Crippen LogP contribution in [0.15, 0.2) is 0 Å². The van der Waals surface area contributed by atoms with Crippen LogP contribution in [0.3, 0.4) is 0 Å². The van der Waals surface area contributed by atoms with Crippen LogP contribution in [0.4, 0.5) is 0 Å². The van der Waals surface area contributed by atoms with Crippen LogP contribution in [0.1, 0.15) is 51.9 Å². The summed E-state index contributed by atoms with van der Waals surface area (Å²) in [6.07, 6.45) is 7.13. The molecule has 0 spiro atoms. The van der Waals surface area contributed by atoms with Gasteiger partial charge in [0.15, 0.2) is 0 Å². The summed E-state index contributed by atoms with van der Waals surface area (Å²) in [5, 5.41) is 14.0. The summed E-state index contributed by atoms with van der Waals surface area (Å²) in [6, 6.07) is 0. The molecule has 0 aliphatic rings. The van der Waals surface area contributed by atoms with Crippen molar-refractivity contribution >= 4 is 11.9 Å². The molecule has 18 heavy (non-hydrogen) atoms. The third-order valence-corrected chi connectivity index (χ3v) is 2.64. The van der Waals surface area contributed by atoms with Crippen molar-refractivity contribution in [2.75, 3.05) is 19.6 Å². The molecule has 0 aliphatic carbocycles. The Bertz CT molecular complexity index is 232. The molecule has 3 N–H and O–H groups in total. The third-order valence-electron chi connectivity index (χ3n) is 2.64. The average molecular weight is 258 g/mol. The normalized spacial score (nSPS) is 10.3. The summed E-state index contributed by atoms with van der Waals surface area (Å²) < 4.78 is 0. The van der Waals surface area contributed by atoms with E-state index >= 15 is 0 Å². The van der Waals surface area contributed by atoms with Crippen molar-refractivity contribution in [1.29, 1.82) is 0 Å². The lowest BCUT2D eigenvalue weighted by atomic mass is 10.1. The van der Waals surface area contributed by atoms with E-state index in [0.717, 1.165) is 19.3 Å². The van der Waals surface area contributed by atoms with E-state index in [9.17, 15) is 9.59 Å². The van der Waals surface area contributed by atoms with Gasteiger partial charge in [0.1, 0.15) is 0 Å². The zero-order valence-electron chi connectivity index (χ0n) is 11.3. The summed E-state index contributed by atoms with van der Waals surface area (Å²) in [4.78, 5) is 21.6. The van der Waals surface area contributed by atoms with Gasteiger partial charge in [0.2, 0.25) is 5.91 Å². The second-order valence-electron chi connectivity index (χ2n) is 4.44. The minimum absolute atomic E-state index is 0.0224. The van der Waals surface area contributed by atoms with Gasteiger partial charge in [-0.15, -0.1) is 0 Å². The number of carboxylic acids is 1. The first-order valence-electron chi connectivity index (χ1n) is 6.86. The zero-order chi connectivity index (χ0) is 13.6. The maximum absolute atomic E-state index is 11.4. The predicted molar refractivity (Wildman–Crippen MR) is 71.5 cm³/mol. The summed E-state index contributed by atoms with van der Waals surface area (Å²) >= 11 is 0. The monoisotopic (exact) mass is 258 g/mol. The topological polar surface area (TPSA) is 78.4 Å². The van der Waals surface area contributed by atoms with Crippen molar-refractivity contribution in [1.82, 2.24) is 10.6 Å². The summed E-state index contributed by atoms with van der Waals surface area (Å²) in [5.41, 5.74) is 0. The van der Waals surface area contributed by atoms with Crippen molar-refractivity contribution in [3.8, 4) is 0 Å². The molecule has 0 saturated heterocycles. The lowest BCUT2D eigenvalue weighted by molar-refractivity contribution is -0.136. The zero-order valence-corrected chi connectivity index (χ0v) is 11.3. The minimum atomic E-state index is -0.855. The fourth-order valence-electron chi connectivity index (χ4n) is 1.61. The summed E-state index contributed by atoms with van der Waals surface area (Å²) in [7, 11) is 0. The quantitative estimate of drug-likeness (QED) is 0.464. The molecule has 0 radical (unpaired) electrons. The molecule has 0 aromatic rings. The molecule has 1 amide bonds. The Hall–Kier alpha value is -1.10. The number of unbranched alkanes of at least 4 members (excludes halogenated alkanes) is 4. The number of hydrogen-bond acceptors (Lipinski definition) is 3. The van der Waals surface area contributed by atoms with Gasteiger partial charge in [0.25, 0.3) is 0 Å². The lowest BCUT2D eigenvalue weighted by Crippen LogP contribution is -2.29. The number of aliphatic carboxylic acids is 1. The molecule has 0 atom stereocenters. The highest BCUT2D eigenvalue weighted by Crippen LogP contribution is 2.04. The Morgan fingerprint density at radius 1 is 1.00 bits per heavy atom. The molecule has 0 unspecified atom stereocenters. The number of rotatable bonds is 12. The Morgan fingerprint density at radius 3 is 2.39 bits per heavy atom. The van der Waals surface area contributed by atoms with E-state index in [1.165, 1.54) is 19.3 Å². The Labute approximate surface area is 109 Å². The van der Waals surface area contributed by atoms with Gasteiger partial charge in [-0.2, -0.15) is 0 Å². The van der Waals surface area contributed by atoms with E-state index in [4.69, 9.17) is 5.11 Å². The van der Waals surface area contributed by atoms with Gasteiger partial charge in [-0.05, 0) is 19.4 Å². The highest BCUT2D eigenvalue weighted by atomic mass is 16.4. The number of amides is 1. The van der Waals surface area contributed by atoms with Crippen LogP contribution in [0.5, 0.6) is 0 Å². The van der Waals surface area contributed by atoms with Gasteiger partial charge in [0.05, 0.1) is 6.54 Å². The van der Waals surface area contributed by atoms with Gasteiger partial charge in [-0.3, -0.25) is 9.59 Å². The van der Waals surface area contributed by atoms with Crippen LogP contribution < -0.4 is 10.6 Å². The third kappa shape index (κ3) is 13.0. The van der Waals surface area contributed by atoms with Gasteiger partial charge in [-0.25, -0.2) is 0 Å². The van der Waals surface area contributed by atoms with Crippen molar-refractivity contribution in [2.24, 2.45) is 0 Å². The van der Waals surface area contributed by atoms with Crippen molar-refractivity contribution in [3.63, 3.8) is 0 Å². The first-order valence-corrected chi connectivity index (χ1v) is 6.86. The molecule has 0 bridgehead atoms. The molecule has 0 aromatic heterocycles. The molecule has 0 saturated carbocycles. The SMILES string of the molecule is CCCCCCCC(=O)NCCCNCC(=O)O. The van der Waals surface area contributed by atoms with E-state index in [0.29, 0.717) is 19.5 Å². The molecule has 0 aromatic carbocycles. The first kappa shape index (κ1) is 16.9. The van der Waals surface area contributed by atoms with Crippen LogP contribution in [0.25, 0.3) is 0 Å². The fraction of sp³-hybridized carbons (Fsp3) is 0.846. The standard InChI is InChI=1S/C13H26N2O3/c1-2-3-4-5-6-8-12(16)15-10-7-9-14-11-13(17)18/h14H,2-11H2,1H3,(H,15,16)(H,17,18). The molecule has 5 heteroatoms. The lowest BCUT2D eigenvalue weighted by Gasteiger charge is -2.05. The van der Waals surface area contributed by atoms with E-state index in [1.807, 2.05) is 0 Å². The van der Waals surface area contributed by atoms with Crippen LogP contribution in [0.2, 0.25) is 0 Å². The van der Waals surface area contributed by atoms with Crippen molar-refractivity contribution in [2.45, 2.75) is 51.9 Å². The molecular weight excluding hydrogens is 232 g/mol. The Morgan fingerprint density at radius 2 is 1.72 bits per heavy atom. The van der Waals surface area contributed by atoms with Crippen LogP contribution in [0, 0.1) is 0 Å². The largest absolute Gasteiger partial charge is 0.480 e. The summed E-state index contributed by atoms with van der Waals surface area (Å²) in [5.74, 6) is -0.754. The Kier molecular flexibility index (Phi) is 11.6. The number of carboxylic acid groups (broad SMARTS) is 1. The number of carbonyl (C=O) groups excluding carboxylic acids is 1. The average Bonchev–Trinajstić information content (AvgIpc) is 2.33. The van der Waals surface area contributed by atoms with Gasteiger partial charge < -0.3 is 15.7 Å². The Balaban J connectivity index is 3.19. The molecule has 0 fully saturated rings. The van der Waals surface area contributed by atoms with Gasteiger partial charge in [-0.1, -0.05) is 32.6 Å². The number of hydrogen-bond donors (Lipinski definition) is 3. The van der Waals surface area contributed by atoms with Crippen LogP contribution in [-0.2, 0) is 9.59 Å². The highest BCUT2D eigenvalue weighted by molar-refractivity contribution is 5.75. The fourth-order valence-corrected chi connectivity index (χ4v) is 1.61. The number of nitrogens with one attached hydrogen (secondary N) is 2. The molecule has 0 heterocycles. The van der Waals surface area contributed by atoms with Gasteiger partial charge >= 0.3 is 5.97 Å². The predicted octanol–water partition coefficient (Wildman–Crippen LogP) is 1.53. The smallest absolute Gasteiger partial charge is 0.317 e. The molecular formula is C13H26N2O3. The van der Waals surface area contributed by atoms with Crippen LogP contribution >= 0.6 is 0 Å². The second-order valence-corrected chi connectivity index (χ2v) is 4.44. The molecule has 5 nitrogen and oxygen atoms in total. The molecule has 0 aliphatic heterocycles. The van der Waals surface area contributed by atoms with E-state index in [2.05, 4.69) is 17.6 Å². The molecule has 106 valence electrons. The van der Waals surface area contributed by atoms with E-state index < -0.39 is 5.97 Å². The molecule has 0 rings (SSSR count). The summed E-state index contributed by atoms with van der Waals surface area (Å²) in [6.45, 7) is 3.37. The van der Waals surface area contributed by atoms with Gasteiger partial charge in [0, 0.05) is 13.0 Å².